The van der Waals surface area contributed by atoms with Crippen molar-refractivity contribution >= 4 is 13.3 Å². The summed E-state index contributed by atoms with van der Waals surface area (Å²) >= 11 is 0. The van der Waals surface area contributed by atoms with E-state index in [1.165, 1.54) is 0 Å². The molecular weight excluding hydrogens is 213 g/mol. The molecule has 0 bridgehead atoms. The minimum Gasteiger partial charge on any atom is -0.379 e. The number of hydrogen-bond donors (Lipinski definition) is 2. The quantitative estimate of drug-likeness (QED) is 0.684. The summed E-state index contributed by atoms with van der Waals surface area (Å²) in [5, 5.41) is 3.68. The first-order valence-corrected chi connectivity index (χ1v) is 6.23. The lowest BCUT2D eigenvalue weighted by molar-refractivity contribution is 0.109. The van der Waals surface area contributed by atoms with E-state index < -0.39 is 8.03 Å². The number of morpholine rings is 1. The Morgan fingerprint density at radius 3 is 2.07 bits per heavy atom. The summed E-state index contributed by atoms with van der Waals surface area (Å²) in [6.45, 7) is 3.83. The van der Waals surface area contributed by atoms with E-state index in [9.17, 15) is 4.57 Å². The number of nitrogens with one attached hydrogen (secondary N) is 1. The van der Waals surface area contributed by atoms with Crippen LogP contribution in [0.5, 0.6) is 0 Å². The normalized spacial score (nSPS) is 17.4. The Morgan fingerprint density at radius 1 is 1.20 bits per heavy atom. The van der Waals surface area contributed by atoms with Gasteiger partial charge in [0, 0.05) is 18.4 Å². The lowest BCUT2D eigenvalue weighted by Crippen LogP contribution is -2.30. The van der Waals surface area contributed by atoms with Gasteiger partial charge in [-0.2, -0.15) is 0 Å². The van der Waals surface area contributed by atoms with Crippen molar-refractivity contribution in [2.75, 3.05) is 26.3 Å². The molecular formula is C10H16NO3P. The van der Waals surface area contributed by atoms with Gasteiger partial charge in [-0.05, 0) is 12.1 Å². The summed E-state index contributed by atoms with van der Waals surface area (Å²) in [5.41, 5.74) is 0. The molecule has 15 heavy (non-hydrogen) atoms. The van der Waals surface area contributed by atoms with Gasteiger partial charge in [0.2, 0.25) is 8.03 Å². The van der Waals surface area contributed by atoms with Crippen LogP contribution in [-0.4, -0.2) is 31.2 Å². The van der Waals surface area contributed by atoms with Crippen LogP contribution < -0.4 is 10.6 Å². The molecule has 0 aliphatic carbocycles. The first kappa shape index (κ1) is 12.4. The van der Waals surface area contributed by atoms with E-state index in [1.807, 2.05) is 6.07 Å². The molecule has 1 unspecified atom stereocenters. The Morgan fingerprint density at radius 2 is 1.80 bits per heavy atom. The molecule has 2 N–H and O–H groups in total. The Kier molecular flexibility index (Phi) is 6.28. The molecule has 1 aromatic carbocycles. The Hall–Kier alpha value is -0.670. The van der Waals surface area contributed by atoms with E-state index in [2.05, 4.69) is 5.32 Å². The zero-order chi connectivity index (χ0) is 10.9. The van der Waals surface area contributed by atoms with Crippen LogP contribution in [0, 0.1) is 0 Å². The summed E-state index contributed by atoms with van der Waals surface area (Å²) < 4.78 is 15.4. The number of benzene rings is 1. The second-order valence-electron chi connectivity index (χ2n) is 3.03. The van der Waals surface area contributed by atoms with Gasteiger partial charge < -0.3 is 14.9 Å². The summed E-state index contributed by atoms with van der Waals surface area (Å²) in [6.07, 6.45) is 0. The number of hydrogen-bond acceptors (Lipinski definition) is 3. The molecule has 1 atom stereocenters. The molecule has 1 aliphatic rings. The molecule has 1 saturated heterocycles. The van der Waals surface area contributed by atoms with E-state index in [-0.39, 0.29) is 0 Å². The highest BCUT2D eigenvalue weighted by atomic mass is 31.1. The fourth-order valence-electron chi connectivity index (χ4n) is 1.10. The maximum atomic E-state index is 10.4. The summed E-state index contributed by atoms with van der Waals surface area (Å²) in [5.74, 6) is 0. The zero-order valence-corrected chi connectivity index (χ0v) is 9.48. The van der Waals surface area contributed by atoms with Crippen molar-refractivity contribution in [1.82, 2.24) is 5.32 Å². The zero-order valence-electron chi connectivity index (χ0n) is 8.48. The van der Waals surface area contributed by atoms with Gasteiger partial charge in [-0.25, -0.2) is 0 Å². The first-order chi connectivity index (χ1) is 7.30. The van der Waals surface area contributed by atoms with Crippen molar-refractivity contribution in [3.05, 3.63) is 30.3 Å². The molecule has 84 valence electrons. The third kappa shape index (κ3) is 5.70. The summed E-state index contributed by atoms with van der Waals surface area (Å²) in [7, 11) is -2.46. The number of ether oxygens (including phenoxy) is 1. The van der Waals surface area contributed by atoms with Crippen molar-refractivity contribution in [2.24, 2.45) is 0 Å². The van der Waals surface area contributed by atoms with E-state index in [4.69, 9.17) is 9.63 Å². The fourth-order valence-corrected chi connectivity index (χ4v) is 1.57. The third-order valence-corrected chi connectivity index (χ3v) is 2.69. The van der Waals surface area contributed by atoms with Gasteiger partial charge in [0.15, 0.2) is 0 Å². The molecule has 0 spiro atoms. The van der Waals surface area contributed by atoms with Crippen molar-refractivity contribution in [3.8, 4) is 0 Å². The fraction of sp³-hybridized carbons (Fsp3) is 0.400. The van der Waals surface area contributed by atoms with Gasteiger partial charge in [-0.3, -0.25) is 4.57 Å². The van der Waals surface area contributed by atoms with E-state index >= 15 is 0 Å². The standard InChI is InChI=1S/C6H7O2P.C4H9NO/c7-9(8)6-4-2-1-3-5-6;1-3-6-4-2-5-1/h1-5,9H,(H,7,8);5H,1-4H2. The highest BCUT2D eigenvalue weighted by Crippen LogP contribution is 2.10. The lowest BCUT2D eigenvalue weighted by atomic mass is 10.4. The van der Waals surface area contributed by atoms with Gasteiger partial charge in [0.25, 0.3) is 0 Å². The molecule has 2 rings (SSSR count). The minimum atomic E-state index is -2.46. The van der Waals surface area contributed by atoms with Crippen LogP contribution in [0.15, 0.2) is 30.3 Å². The smallest absolute Gasteiger partial charge is 0.218 e. The highest BCUT2D eigenvalue weighted by molar-refractivity contribution is 7.47. The lowest BCUT2D eigenvalue weighted by Gasteiger charge is -2.10. The van der Waals surface area contributed by atoms with E-state index in [0.717, 1.165) is 26.3 Å². The molecule has 0 amide bonds. The topological polar surface area (TPSA) is 58.6 Å². The predicted octanol–water partition coefficient (Wildman–Crippen LogP) is 0.385. The van der Waals surface area contributed by atoms with Gasteiger partial charge >= 0.3 is 0 Å². The monoisotopic (exact) mass is 229 g/mol. The Bertz CT molecular complexity index is 276. The molecule has 1 aromatic rings. The molecule has 5 heteroatoms. The molecule has 1 fully saturated rings. The van der Waals surface area contributed by atoms with Crippen molar-refractivity contribution in [1.29, 1.82) is 0 Å². The van der Waals surface area contributed by atoms with E-state index in [0.29, 0.717) is 5.30 Å². The maximum Gasteiger partial charge on any atom is 0.218 e. The van der Waals surface area contributed by atoms with Gasteiger partial charge in [-0.15, -0.1) is 0 Å². The number of rotatable bonds is 1. The summed E-state index contributed by atoms with van der Waals surface area (Å²) in [4.78, 5) is 8.57. The summed E-state index contributed by atoms with van der Waals surface area (Å²) in [6, 6.07) is 8.58. The van der Waals surface area contributed by atoms with Crippen molar-refractivity contribution in [3.63, 3.8) is 0 Å². The van der Waals surface area contributed by atoms with Crippen LogP contribution in [0.3, 0.4) is 0 Å². The SMILES string of the molecule is C1COCCN1.O=[PH](O)c1ccccc1. The second kappa shape index (κ2) is 7.60. The van der Waals surface area contributed by atoms with Crippen LogP contribution in [0.2, 0.25) is 0 Å². The van der Waals surface area contributed by atoms with Gasteiger partial charge in [-0.1, -0.05) is 18.2 Å². The van der Waals surface area contributed by atoms with Crippen LogP contribution in [0.1, 0.15) is 0 Å². The molecule has 1 aliphatic heterocycles. The van der Waals surface area contributed by atoms with Crippen molar-refractivity contribution < 1.29 is 14.2 Å². The average molecular weight is 229 g/mol. The Labute approximate surface area is 90.1 Å². The molecule has 0 radical (unpaired) electrons. The van der Waals surface area contributed by atoms with Crippen LogP contribution >= 0.6 is 8.03 Å². The third-order valence-electron chi connectivity index (χ3n) is 1.87. The Balaban J connectivity index is 0.000000162. The maximum absolute atomic E-state index is 10.4. The van der Waals surface area contributed by atoms with Crippen molar-refractivity contribution in [2.45, 2.75) is 0 Å². The van der Waals surface area contributed by atoms with Gasteiger partial charge in [0.1, 0.15) is 0 Å². The minimum absolute atomic E-state index is 0.516. The largest absolute Gasteiger partial charge is 0.379 e. The van der Waals surface area contributed by atoms with Crippen LogP contribution in [0.4, 0.5) is 0 Å². The second-order valence-corrected chi connectivity index (χ2v) is 4.22. The molecule has 0 saturated carbocycles. The van der Waals surface area contributed by atoms with Crippen LogP contribution in [0.25, 0.3) is 0 Å². The predicted molar refractivity (Wildman–Crippen MR) is 61.0 cm³/mol. The van der Waals surface area contributed by atoms with E-state index in [1.54, 1.807) is 24.3 Å². The highest BCUT2D eigenvalue weighted by Gasteiger charge is 1.93. The molecule has 1 heterocycles. The molecule has 0 aromatic heterocycles. The first-order valence-electron chi connectivity index (χ1n) is 4.87. The molecule has 4 nitrogen and oxygen atoms in total. The van der Waals surface area contributed by atoms with Crippen LogP contribution in [-0.2, 0) is 9.30 Å². The van der Waals surface area contributed by atoms with Gasteiger partial charge in [0.05, 0.1) is 13.2 Å². The average Bonchev–Trinajstić information content (AvgIpc) is 2.33.